The lowest BCUT2D eigenvalue weighted by Gasteiger charge is -2.31. The second kappa shape index (κ2) is 6.26. The Kier molecular flexibility index (Phi) is 5.30. The van der Waals surface area contributed by atoms with Crippen molar-refractivity contribution in [2.45, 2.75) is 46.5 Å². The minimum absolute atomic E-state index is 0.207. The smallest absolute Gasteiger partial charge is 0.136 e. The van der Waals surface area contributed by atoms with E-state index in [2.05, 4.69) is 11.8 Å². The lowest BCUT2D eigenvalue weighted by molar-refractivity contribution is -0.122. The van der Waals surface area contributed by atoms with E-state index in [9.17, 15) is 4.79 Å². The van der Waals surface area contributed by atoms with Gasteiger partial charge in [-0.05, 0) is 31.8 Å². The molecule has 0 radical (unpaired) electrons. The Morgan fingerprint density at radius 1 is 1.33 bits per heavy atom. The van der Waals surface area contributed by atoms with Gasteiger partial charge in [-0.2, -0.15) is 0 Å². The highest BCUT2D eigenvalue weighted by atomic mass is 16.1. The van der Waals surface area contributed by atoms with Gasteiger partial charge in [-0.3, -0.25) is 4.79 Å². The second-order valence-electron chi connectivity index (χ2n) is 5.06. The molecule has 1 aliphatic heterocycles. The first-order chi connectivity index (χ1) is 7.13. The topological polar surface area (TPSA) is 20.3 Å². The number of hydrogen-bond donors (Lipinski definition) is 0. The summed E-state index contributed by atoms with van der Waals surface area (Å²) in [6, 6.07) is 0. The zero-order chi connectivity index (χ0) is 11.3. The van der Waals surface area contributed by atoms with Crippen LogP contribution in [0.25, 0.3) is 0 Å². The summed E-state index contributed by atoms with van der Waals surface area (Å²) in [7, 11) is 0. The van der Waals surface area contributed by atoms with E-state index in [0.29, 0.717) is 5.78 Å². The summed E-state index contributed by atoms with van der Waals surface area (Å²) in [6.07, 6.45) is 4.71. The molecule has 2 heteroatoms. The van der Waals surface area contributed by atoms with Crippen LogP contribution in [-0.2, 0) is 4.79 Å². The number of rotatable bonds is 5. The van der Waals surface area contributed by atoms with Crippen LogP contribution in [0.15, 0.2) is 0 Å². The summed E-state index contributed by atoms with van der Waals surface area (Å²) in [5, 5.41) is 0. The quantitative estimate of drug-likeness (QED) is 0.697. The van der Waals surface area contributed by atoms with Crippen LogP contribution >= 0.6 is 0 Å². The van der Waals surface area contributed by atoms with Crippen LogP contribution < -0.4 is 0 Å². The number of nitrogens with zero attached hydrogens (tertiary/aromatic N) is 1. The van der Waals surface area contributed by atoms with E-state index in [-0.39, 0.29) is 5.92 Å². The van der Waals surface area contributed by atoms with E-state index in [1.54, 1.807) is 0 Å². The van der Waals surface area contributed by atoms with Gasteiger partial charge < -0.3 is 4.90 Å². The first kappa shape index (κ1) is 12.7. The zero-order valence-electron chi connectivity index (χ0n) is 10.5. The third-order valence-corrected chi connectivity index (χ3v) is 3.60. The Bertz CT molecular complexity index is 193. The molecule has 2 nitrogen and oxygen atoms in total. The molecule has 0 bridgehead atoms. The number of Topliss-reactive ketones (excluding diaryl/α,β-unsaturated/α-hetero) is 1. The van der Waals surface area contributed by atoms with Crippen molar-refractivity contribution in [2.24, 2.45) is 11.8 Å². The van der Waals surface area contributed by atoms with Gasteiger partial charge in [0.05, 0.1) is 0 Å². The molecule has 0 aromatic carbocycles. The molecular weight excluding hydrogens is 186 g/mol. The zero-order valence-corrected chi connectivity index (χ0v) is 10.5. The third kappa shape index (κ3) is 4.33. The average molecular weight is 211 g/mol. The molecule has 0 unspecified atom stereocenters. The summed E-state index contributed by atoms with van der Waals surface area (Å²) in [5.41, 5.74) is 0. The highest BCUT2D eigenvalue weighted by Crippen LogP contribution is 2.19. The minimum atomic E-state index is 0.207. The van der Waals surface area contributed by atoms with E-state index in [0.717, 1.165) is 18.9 Å². The Hall–Kier alpha value is -0.370. The van der Waals surface area contributed by atoms with Crippen LogP contribution in [-0.4, -0.2) is 30.3 Å². The maximum Gasteiger partial charge on any atom is 0.136 e. The van der Waals surface area contributed by atoms with Gasteiger partial charge in [0.15, 0.2) is 0 Å². The van der Waals surface area contributed by atoms with Gasteiger partial charge in [0.1, 0.15) is 5.78 Å². The summed E-state index contributed by atoms with van der Waals surface area (Å²) in [4.78, 5) is 13.9. The van der Waals surface area contributed by atoms with E-state index >= 15 is 0 Å². The molecule has 15 heavy (non-hydrogen) atoms. The second-order valence-corrected chi connectivity index (χ2v) is 5.06. The third-order valence-electron chi connectivity index (χ3n) is 3.60. The van der Waals surface area contributed by atoms with E-state index in [1.807, 2.05) is 13.8 Å². The van der Waals surface area contributed by atoms with E-state index in [4.69, 9.17) is 0 Å². The Labute approximate surface area is 94.0 Å². The molecule has 1 saturated heterocycles. The summed E-state index contributed by atoms with van der Waals surface area (Å²) in [6.45, 7) is 9.64. The van der Waals surface area contributed by atoms with Crippen LogP contribution in [0.5, 0.6) is 0 Å². The molecular formula is C13H25NO. The minimum Gasteiger partial charge on any atom is -0.303 e. The van der Waals surface area contributed by atoms with Crippen molar-refractivity contribution in [3.05, 3.63) is 0 Å². The molecule has 1 heterocycles. The highest BCUT2D eigenvalue weighted by Gasteiger charge is 2.18. The van der Waals surface area contributed by atoms with Gasteiger partial charge in [0.25, 0.3) is 0 Å². The van der Waals surface area contributed by atoms with Crippen LogP contribution in [0, 0.1) is 11.8 Å². The number of carbonyl (C=O) groups excluding carboxylic acids is 1. The number of piperidine rings is 1. The van der Waals surface area contributed by atoms with Crippen molar-refractivity contribution in [3.63, 3.8) is 0 Å². The fourth-order valence-corrected chi connectivity index (χ4v) is 2.18. The van der Waals surface area contributed by atoms with Gasteiger partial charge in [-0.15, -0.1) is 0 Å². The average Bonchev–Trinajstić information content (AvgIpc) is 2.26. The molecule has 1 aliphatic rings. The maximum absolute atomic E-state index is 11.5. The first-order valence-corrected chi connectivity index (χ1v) is 6.38. The largest absolute Gasteiger partial charge is 0.303 e. The van der Waals surface area contributed by atoms with Crippen LogP contribution in [0.3, 0.4) is 0 Å². The summed E-state index contributed by atoms with van der Waals surface area (Å²) >= 11 is 0. The standard InChI is InChI=1S/C13H25NO/c1-4-12-5-8-14(9-6-12)10-7-13(15)11(2)3/h11-12H,4-10H2,1-3H3. The SMILES string of the molecule is CCC1CCN(CCC(=O)C(C)C)CC1. The number of carbonyl (C=O) groups is 1. The van der Waals surface area contributed by atoms with Crippen molar-refractivity contribution in [3.8, 4) is 0 Å². The van der Waals surface area contributed by atoms with E-state index in [1.165, 1.54) is 32.4 Å². The van der Waals surface area contributed by atoms with E-state index < -0.39 is 0 Å². The molecule has 0 spiro atoms. The van der Waals surface area contributed by atoms with Crippen LogP contribution in [0.2, 0.25) is 0 Å². The monoisotopic (exact) mass is 211 g/mol. The Morgan fingerprint density at radius 3 is 2.40 bits per heavy atom. The van der Waals surface area contributed by atoms with Gasteiger partial charge in [0.2, 0.25) is 0 Å². The fourth-order valence-electron chi connectivity index (χ4n) is 2.18. The molecule has 0 N–H and O–H groups in total. The maximum atomic E-state index is 11.5. The lowest BCUT2D eigenvalue weighted by atomic mass is 9.94. The molecule has 1 fully saturated rings. The van der Waals surface area contributed by atoms with Gasteiger partial charge >= 0.3 is 0 Å². The Balaban J connectivity index is 2.16. The van der Waals surface area contributed by atoms with Gasteiger partial charge in [0, 0.05) is 18.9 Å². The predicted octanol–water partition coefficient (Wildman–Crippen LogP) is 2.72. The molecule has 0 aromatic heterocycles. The molecule has 0 atom stereocenters. The molecule has 0 aromatic rings. The Morgan fingerprint density at radius 2 is 1.93 bits per heavy atom. The van der Waals surface area contributed by atoms with Crippen molar-refractivity contribution in [2.75, 3.05) is 19.6 Å². The molecule has 1 rings (SSSR count). The molecule has 0 aliphatic carbocycles. The predicted molar refractivity (Wildman–Crippen MR) is 63.9 cm³/mol. The molecule has 0 saturated carbocycles. The van der Waals surface area contributed by atoms with Crippen LogP contribution in [0.1, 0.15) is 46.5 Å². The highest BCUT2D eigenvalue weighted by molar-refractivity contribution is 5.80. The molecule has 0 amide bonds. The molecule has 88 valence electrons. The van der Waals surface area contributed by atoms with Gasteiger partial charge in [-0.25, -0.2) is 0 Å². The number of hydrogen-bond acceptors (Lipinski definition) is 2. The van der Waals surface area contributed by atoms with Crippen LogP contribution in [0.4, 0.5) is 0 Å². The lowest BCUT2D eigenvalue weighted by Crippen LogP contribution is -2.35. The number of ketones is 1. The summed E-state index contributed by atoms with van der Waals surface area (Å²) < 4.78 is 0. The van der Waals surface area contributed by atoms with Crippen molar-refractivity contribution in [1.82, 2.24) is 4.90 Å². The van der Waals surface area contributed by atoms with Crippen molar-refractivity contribution in [1.29, 1.82) is 0 Å². The van der Waals surface area contributed by atoms with Crippen molar-refractivity contribution >= 4 is 5.78 Å². The number of likely N-dealkylation sites (tertiary alicyclic amines) is 1. The first-order valence-electron chi connectivity index (χ1n) is 6.38. The van der Waals surface area contributed by atoms with Crippen molar-refractivity contribution < 1.29 is 4.79 Å². The van der Waals surface area contributed by atoms with Gasteiger partial charge in [-0.1, -0.05) is 27.2 Å². The fraction of sp³-hybridized carbons (Fsp3) is 0.923. The normalized spacial score (nSPS) is 19.7. The summed E-state index contributed by atoms with van der Waals surface area (Å²) in [5.74, 6) is 1.55.